The molecule has 2 rings (SSSR count). The van der Waals surface area contributed by atoms with Crippen molar-refractivity contribution in [1.82, 2.24) is 0 Å². The van der Waals surface area contributed by atoms with Crippen molar-refractivity contribution in [3.63, 3.8) is 0 Å². The van der Waals surface area contributed by atoms with Crippen LogP contribution in [0.5, 0.6) is 0 Å². The molecule has 6 heteroatoms. The minimum absolute atomic E-state index is 0.193. The highest BCUT2D eigenvalue weighted by atomic mass is 32.1. The maximum Gasteiger partial charge on any atom is 0.261 e. The molecule has 0 atom stereocenters. The van der Waals surface area contributed by atoms with Gasteiger partial charge >= 0.3 is 0 Å². The first-order valence-corrected chi connectivity index (χ1v) is 5.33. The van der Waals surface area contributed by atoms with Gasteiger partial charge in [0.25, 0.3) is 5.91 Å². The van der Waals surface area contributed by atoms with Gasteiger partial charge < -0.3 is 16.8 Å². The van der Waals surface area contributed by atoms with Crippen LogP contribution in [0, 0.1) is 11.3 Å². The topological polar surface area (TPSA) is 105 Å². The molecule has 1 aliphatic rings. The lowest BCUT2D eigenvalue weighted by Crippen LogP contribution is -2.10. The molecule has 1 aromatic rings. The van der Waals surface area contributed by atoms with Crippen LogP contribution in [0.4, 0.5) is 10.7 Å². The largest absolute Gasteiger partial charge is 0.396 e. The maximum atomic E-state index is 11.0. The summed E-state index contributed by atoms with van der Waals surface area (Å²) in [5.74, 6) is -0.585. The maximum absolute atomic E-state index is 11.0. The van der Waals surface area contributed by atoms with Crippen LogP contribution in [0.25, 0.3) is 0 Å². The van der Waals surface area contributed by atoms with Crippen LogP contribution in [-0.4, -0.2) is 11.9 Å². The fraction of sp³-hybridized carbons (Fsp3) is 0.333. The smallest absolute Gasteiger partial charge is 0.261 e. The molecule has 0 radical (unpaired) electrons. The summed E-state index contributed by atoms with van der Waals surface area (Å²) in [6.07, 6.45) is 2.18. The first kappa shape index (κ1) is 9.80. The molecule has 1 aromatic heterocycles. The number of rotatable bonds is 3. The molecule has 0 saturated heterocycles. The molecule has 0 bridgehead atoms. The molecule has 0 unspecified atom stereocenters. The van der Waals surface area contributed by atoms with Gasteiger partial charge in [0, 0.05) is 6.04 Å². The quantitative estimate of drug-likeness (QED) is 0.705. The summed E-state index contributed by atoms with van der Waals surface area (Å²) in [7, 11) is 0. The SMILES string of the molecule is N#Cc1c(NC2CC2)sc(C(N)=O)c1N. The Bertz CT molecular complexity index is 455. The summed E-state index contributed by atoms with van der Waals surface area (Å²) in [5.41, 5.74) is 11.3. The normalized spacial score (nSPS) is 14.6. The Labute approximate surface area is 90.7 Å². The van der Waals surface area contributed by atoms with Gasteiger partial charge in [-0.25, -0.2) is 0 Å². The molecule has 0 aromatic carbocycles. The fourth-order valence-electron chi connectivity index (χ4n) is 1.25. The minimum atomic E-state index is -0.585. The number of carbonyl (C=O) groups excluding carboxylic acids is 1. The number of hydrogen-bond acceptors (Lipinski definition) is 5. The average Bonchev–Trinajstić information content (AvgIpc) is 2.91. The van der Waals surface area contributed by atoms with E-state index in [1.165, 1.54) is 0 Å². The number of carbonyl (C=O) groups is 1. The number of nitrogens with zero attached hydrogens (tertiary/aromatic N) is 1. The predicted octanol–water partition coefficient (Wildman–Crippen LogP) is 0.875. The van der Waals surface area contributed by atoms with Gasteiger partial charge in [-0.2, -0.15) is 5.26 Å². The third-order valence-corrected chi connectivity index (χ3v) is 3.34. The number of thiophene rings is 1. The molecule has 1 fully saturated rings. The second-order valence-electron chi connectivity index (χ2n) is 3.44. The molecule has 1 aliphatic carbocycles. The lowest BCUT2D eigenvalue weighted by atomic mass is 10.2. The lowest BCUT2D eigenvalue weighted by Gasteiger charge is -1.99. The number of nitrogens with one attached hydrogen (secondary N) is 1. The minimum Gasteiger partial charge on any atom is -0.396 e. The van der Waals surface area contributed by atoms with E-state index in [0.717, 1.165) is 24.2 Å². The fourth-order valence-corrected chi connectivity index (χ4v) is 2.25. The zero-order valence-electron chi connectivity index (χ0n) is 7.91. The van der Waals surface area contributed by atoms with Crippen molar-refractivity contribution in [2.75, 3.05) is 11.1 Å². The van der Waals surface area contributed by atoms with Crippen molar-refractivity contribution in [1.29, 1.82) is 5.26 Å². The standard InChI is InChI=1S/C9H10N4OS/c10-3-5-6(11)7(8(12)14)15-9(5)13-4-1-2-4/h4,13H,1-2,11H2,(H2,12,14). The first-order chi connectivity index (χ1) is 7.13. The van der Waals surface area contributed by atoms with Crippen LogP contribution >= 0.6 is 11.3 Å². The Morgan fingerprint density at radius 3 is 2.73 bits per heavy atom. The van der Waals surface area contributed by atoms with Crippen molar-refractivity contribution in [3.05, 3.63) is 10.4 Å². The highest BCUT2D eigenvalue weighted by Crippen LogP contribution is 2.37. The van der Waals surface area contributed by atoms with Crippen LogP contribution in [0.2, 0.25) is 0 Å². The van der Waals surface area contributed by atoms with E-state index in [1.807, 2.05) is 6.07 Å². The molecule has 1 amide bonds. The molecule has 1 heterocycles. The highest BCUT2D eigenvalue weighted by Gasteiger charge is 2.26. The van der Waals surface area contributed by atoms with Crippen molar-refractivity contribution < 1.29 is 4.79 Å². The third-order valence-electron chi connectivity index (χ3n) is 2.19. The van der Waals surface area contributed by atoms with Gasteiger partial charge in [-0.3, -0.25) is 4.79 Å². The molecule has 78 valence electrons. The van der Waals surface area contributed by atoms with E-state index in [-0.39, 0.29) is 10.6 Å². The number of hydrogen-bond donors (Lipinski definition) is 3. The molecule has 5 nitrogen and oxygen atoms in total. The van der Waals surface area contributed by atoms with Gasteiger partial charge in [0.05, 0.1) is 5.69 Å². The zero-order valence-corrected chi connectivity index (χ0v) is 8.73. The lowest BCUT2D eigenvalue weighted by molar-refractivity contribution is 0.100. The predicted molar refractivity (Wildman–Crippen MR) is 58.6 cm³/mol. The van der Waals surface area contributed by atoms with E-state index in [2.05, 4.69) is 5.32 Å². The monoisotopic (exact) mass is 222 g/mol. The van der Waals surface area contributed by atoms with Gasteiger partial charge in [-0.05, 0) is 12.8 Å². The number of nitrogen functional groups attached to an aromatic ring is 1. The number of nitrogens with two attached hydrogens (primary N) is 2. The van der Waals surface area contributed by atoms with Crippen molar-refractivity contribution in [3.8, 4) is 6.07 Å². The van der Waals surface area contributed by atoms with Crippen LogP contribution in [0.1, 0.15) is 28.1 Å². The van der Waals surface area contributed by atoms with Crippen molar-refractivity contribution in [2.45, 2.75) is 18.9 Å². The van der Waals surface area contributed by atoms with E-state index in [9.17, 15) is 4.79 Å². The Kier molecular flexibility index (Phi) is 2.25. The van der Waals surface area contributed by atoms with E-state index in [0.29, 0.717) is 16.6 Å². The molecular weight excluding hydrogens is 212 g/mol. The molecule has 1 saturated carbocycles. The highest BCUT2D eigenvalue weighted by molar-refractivity contribution is 7.18. The summed E-state index contributed by atoms with van der Waals surface area (Å²) >= 11 is 1.15. The summed E-state index contributed by atoms with van der Waals surface area (Å²) in [5, 5.41) is 12.7. The van der Waals surface area contributed by atoms with Gasteiger partial charge in [0.15, 0.2) is 0 Å². The molecule has 5 N–H and O–H groups in total. The van der Waals surface area contributed by atoms with Gasteiger partial charge in [0.2, 0.25) is 0 Å². The van der Waals surface area contributed by atoms with Crippen LogP contribution < -0.4 is 16.8 Å². The molecule has 0 aliphatic heterocycles. The van der Waals surface area contributed by atoms with Crippen LogP contribution in [-0.2, 0) is 0 Å². The van der Waals surface area contributed by atoms with Gasteiger partial charge in [-0.1, -0.05) is 0 Å². The third kappa shape index (κ3) is 1.74. The number of primary amides is 1. The second kappa shape index (κ2) is 3.44. The molecule has 15 heavy (non-hydrogen) atoms. The summed E-state index contributed by atoms with van der Waals surface area (Å²) in [6.45, 7) is 0. The number of amides is 1. The molecular formula is C9H10N4OS. The Hall–Kier alpha value is -1.74. The average molecular weight is 222 g/mol. The summed E-state index contributed by atoms with van der Waals surface area (Å²) in [4.78, 5) is 11.3. The van der Waals surface area contributed by atoms with Crippen molar-refractivity contribution in [2.24, 2.45) is 5.73 Å². The Morgan fingerprint density at radius 2 is 2.27 bits per heavy atom. The van der Waals surface area contributed by atoms with Gasteiger partial charge in [0.1, 0.15) is 21.5 Å². The van der Waals surface area contributed by atoms with Gasteiger partial charge in [-0.15, -0.1) is 11.3 Å². The second-order valence-corrected chi connectivity index (χ2v) is 4.46. The molecule has 0 spiro atoms. The number of nitriles is 1. The van der Waals surface area contributed by atoms with E-state index in [4.69, 9.17) is 16.7 Å². The van der Waals surface area contributed by atoms with Crippen LogP contribution in [0.15, 0.2) is 0 Å². The number of anilines is 2. The summed E-state index contributed by atoms with van der Waals surface area (Å²) in [6, 6.07) is 2.40. The summed E-state index contributed by atoms with van der Waals surface area (Å²) < 4.78 is 0. The van der Waals surface area contributed by atoms with Crippen molar-refractivity contribution >= 4 is 27.9 Å². The van der Waals surface area contributed by atoms with E-state index < -0.39 is 5.91 Å². The van der Waals surface area contributed by atoms with Crippen LogP contribution in [0.3, 0.4) is 0 Å². The Balaban J connectivity index is 2.40. The Morgan fingerprint density at radius 1 is 1.60 bits per heavy atom. The first-order valence-electron chi connectivity index (χ1n) is 4.52. The zero-order chi connectivity index (χ0) is 11.0. The van der Waals surface area contributed by atoms with E-state index in [1.54, 1.807) is 0 Å². The van der Waals surface area contributed by atoms with E-state index >= 15 is 0 Å².